The van der Waals surface area contributed by atoms with Gasteiger partial charge in [0.2, 0.25) is 10.9 Å². The van der Waals surface area contributed by atoms with Crippen LogP contribution in [0.4, 0.5) is 5.69 Å². The molecule has 3 aromatic rings. The van der Waals surface area contributed by atoms with E-state index < -0.39 is 10.9 Å². The molecule has 0 saturated heterocycles. The molecule has 0 bridgehead atoms. The Bertz CT molecular complexity index is 880. The molecular formula is C16H10BrNO3. The lowest BCUT2D eigenvalue weighted by molar-refractivity contribution is 0.484. The maximum Gasteiger partial charge on any atom is 0.249 e. The largest absolute Gasteiger partial charge is 0.457 e. The van der Waals surface area contributed by atoms with Crippen molar-refractivity contribution in [2.75, 3.05) is 5.73 Å². The molecule has 0 radical (unpaired) electrons. The minimum absolute atomic E-state index is 0.0137. The van der Waals surface area contributed by atoms with Crippen LogP contribution in [0.25, 0.3) is 11.1 Å². The second-order valence-electron chi connectivity index (χ2n) is 4.50. The number of nitrogens with two attached hydrogens (primary N) is 1. The number of para-hydroxylation sites is 1. The van der Waals surface area contributed by atoms with Gasteiger partial charge in [-0.05, 0) is 30.3 Å². The second-order valence-corrected chi connectivity index (χ2v) is 5.42. The topological polar surface area (TPSA) is 69.4 Å². The molecule has 0 amide bonds. The average Bonchev–Trinajstić information content (AvgIpc) is 2.50. The number of rotatable bonds is 3. The lowest BCUT2D eigenvalue weighted by Gasteiger charge is -2.14. The Morgan fingerprint density at radius 2 is 1.67 bits per heavy atom. The molecule has 0 fully saturated rings. The van der Waals surface area contributed by atoms with Crippen molar-refractivity contribution in [3.8, 4) is 22.6 Å². The number of hydrogen-bond acceptors (Lipinski definition) is 4. The van der Waals surface area contributed by atoms with Crippen LogP contribution >= 0.6 is 15.9 Å². The van der Waals surface area contributed by atoms with Crippen molar-refractivity contribution in [1.29, 1.82) is 0 Å². The summed E-state index contributed by atoms with van der Waals surface area (Å²) in [5.74, 6) is 1.10. The molecule has 0 aliphatic heterocycles. The number of ether oxygens (including phenoxy) is 1. The maximum absolute atomic E-state index is 11.7. The fourth-order valence-corrected chi connectivity index (χ4v) is 2.42. The van der Waals surface area contributed by atoms with Crippen LogP contribution in [0.15, 0.2) is 62.6 Å². The molecule has 2 N–H and O–H groups in total. The highest BCUT2D eigenvalue weighted by atomic mass is 79.9. The summed E-state index contributed by atoms with van der Waals surface area (Å²) in [4.78, 5) is 23.0. The Morgan fingerprint density at radius 3 is 2.33 bits per heavy atom. The summed E-state index contributed by atoms with van der Waals surface area (Å²) in [5.41, 5.74) is 5.14. The molecule has 21 heavy (non-hydrogen) atoms. The number of anilines is 1. The van der Waals surface area contributed by atoms with Gasteiger partial charge in [0.25, 0.3) is 0 Å². The fraction of sp³-hybridized carbons (Fsp3) is 0. The van der Waals surface area contributed by atoms with Crippen LogP contribution in [0.3, 0.4) is 0 Å². The predicted octanol–water partition coefficient (Wildman–Crippen LogP) is 3.09. The van der Waals surface area contributed by atoms with Gasteiger partial charge in [-0.25, -0.2) is 0 Å². The molecule has 0 heterocycles. The van der Waals surface area contributed by atoms with Gasteiger partial charge in [0.05, 0.1) is 11.3 Å². The van der Waals surface area contributed by atoms with E-state index in [1.807, 2.05) is 18.2 Å². The van der Waals surface area contributed by atoms with E-state index in [1.54, 1.807) is 30.3 Å². The standard InChI is InChI=1S/C16H10BrNO3/c17-9-6-7-11(13-14(18)16(20)15(13)19)12(8-9)21-10-4-2-1-3-5-10/h1-8H,18H2. The number of benzene rings is 2. The molecule has 104 valence electrons. The van der Waals surface area contributed by atoms with Crippen LogP contribution in [0.1, 0.15) is 0 Å². The van der Waals surface area contributed by atoms with Crippen molar-refractivity contribution < 1.29 is 4.74 Å². The van der Waals surface area contributed by atoms with E-state index in [0.717, 1.165) is 4.47 Å². The Kier molecular flexibility index (Phi) is 3.35. The molecule has 3 aromatic carbocycles. The first-order chi connectivity index (χ1) is 10.1. The molecule has 3 rings (SSSR count). The highest BCUT2D eigenvalue weighted by Gasteiger charge is 2.22. The zero-order chi connectivity index (χ0) is 15.0. The van der Waals surface area contributed by atoms with Crippen LogP contribution in [0, 0.1) is 0 Å². The summed E-state index contributed by atoms with van der Waals surface area (Å²) in [6.45, 7) is 0. The minimum atomic E-state index is -0.640. The first kappa shape index (κ1) is 13.6. The van der Waals surface area contributed by atoms with E-state index in [0.29, 0.717) is 17.1 Å². The van der Waals surface area contributed by atoms with Gasteiger partial charge < -0.3 is 10.5 Å². The maximum atomic E-state index is 11.7. The normalized spacial score (nSPS) is 10.7. The van der Waals surface area contributed by atoms with Crippen molar-refractivity contribution in [2.24, 2.45) is 0 Å². The van der Waals surface area contributed by atoms with Gasteiger partial charge in [-0.3, -0.25) is 9.59 Å². The highest BCUT2D eigenvalue weighted by molar-refractivity contribution is 9.10. The quantitative estimate of drug-likeness (QED) is 0.742. The SMILES string of the molecule is Nc1c(-c2ccc(Br)cc2Oc2ccccc2)c(=O)c1=O. The third kappa shape index (κ3) is 2.36. The van der Waals surface area contributed by atoms with Crippen molar-refractivity contribution in [3.63, 3.8) is 0 Å². The third-order valence-corrected chi connectivity index (χ3v) is 3.62. The summed E-state index contributed by atoms with van der Waals surface area (Å²) in [6, 6.07) is 14.4. The van der Waals surface area contributed by atoms with E-state index in [-0.39, 0.29) is 11.3 Å². The molecule has 0 unspecified atom stereocenters. The fourth-order valence-electron chi connectivity index (χ4n) is 2.08. The van der Waals surface area contributed by atoms with Crippen molar-refractivity contribution in [2.45, 2.75) is 0 Å². The third-order valence-electron chi connectivity index (χ3n) is 3.13. The van der Waals surface area contributed by atoms with Crippen molar-refractivity contribution in [3.05, 3.63) is 73.5 Å². The van der Waals surface area contributed by atoms with E-state index in [1.165, 1.54) is 0 Å². The molecule has 4 nitrogen and oxygen atoms in total. The van der Waals surface area contributed by atoms with E-state index >= 15 is 0 Å². The monoisotopic (exact) mass is 343 g/mol. The number of nitrogen functional groups attached to an aromatic ring is 1. The Balaban J connectivity index is 2.10. The van der Waals surface area contributed by atoms with Crippen LogP contribution in [0.2, 0.25) is 0 Å². The molecule has 0 atom stereocenters. The lowest BCUT2D eigenvalue weighted by atomic mass is 9.98. The number of hydrogen-bond donors (Lipinski definition) is 1. The van der Waals surface area contributed by atoms with Crippen LogP contribution in [-0.4, -0.2) is 0 Å². The Hall–Kier alpha value is -2.40. The predicted molar refractivity (Wildman–Crippen MR) is 85.4 cm³/mol. The second kappa shape index (κ2) is 5.18. The van der Waals surface area contributed by atoms with E-state index in [9.17, 15) is 9.59 Å². The zero-order valence-corrected chi connectivity index (χ0v) is 12.4. The van der Waals surface area contributed by atoms with Gasteiger partial charge in [0, 0.05) is 10.0 Å². The summed E-state index contributed by atoms with van der Waals surface area (Å²) in [5, 5.41) is 0. The smallest absolute Gasteiger partial charge is 0.249 e. The molecule has 0 aromatic heterocycles. The van der Waals surface area contributed by atoms with E-state index in [4.69, 9.17) is 10.5 Å². The van der Waals surface area contributed by atoms with Crippen LogP contribution in [-0.2, 0) is 0 Å². The van der Waals surface area contributed by atoms with Gasteiger partial charge in [0.1, 0.15) is 11.5 Å². The van der Waals surface area contributed by atoms with Gasteiger partial charge in [-0.2, -0.15) is 0 Å². The van der Waals surface area contributed by atoms with Gasteiger partial charge in [-0.15, -0.1) is 0 Å². The molecule has 0 spiro atoms. The molecule has 0 aliphatic rings. The zero-order valence-electron chi connectivity index (χ0n) is 10.8. The molecule has 0 aliphatic carbocycles. The first-order valence-electron chi connectivity index (χ1n) is 6.19. The van der Waals surface area contributed by atoms with Crippen molar-refractivity contribution in [1.82, 2.24) is 0 Å². The Labute approximate surface area is 128 Å². The van der Waals surface area contributed by atoms with Gasteiger partial charge >= 0.3 is 0 Å². The van der Waals surface area contributed by atoms with Gasteiger partial charge in [-0.1, -0.05) is 34.1 Å². The summed E-state index contributed by atoms with van der Waals surface area (Å²) in [7, 11) is 0. The average molecular weight is 344 g/mol. The van der Waals surface area contributed by atoms with Crippen LogP contribution in [0.5, 0.6) is 11.5 Å². The van der Waals surface area contributed by atoms with Crippen LogP contribution < -0.4 is 21.3 Å². The highest BCUT2D eigenvalue weighted by Crippen LogP contribution is 2.36. The number of halogens is 1. The summed E-state index contributed by atoms with van der Waals surface area (Å²) >= 11 is 3.36. The lowest BCUT2D eigenvalue weighted by Crippen LogP contribution is -2.35. The summed E-state index contributed by atoms with van der Waals surface area (Å²) < 4.78 is 6.60. The Morgan fingerprint density at radius 1 is 0.952 bits per heavy atom. The van der Waals surface area contributed by atoms with E-state index in [2.05, 4.69) is 15.9 Å². The molecule has 0 saturated carbocycles. The summed E-state index contributed by atoms with van der Waals surface area (Å²) in [6.07, 6.45) is 0. The van der Waals surface area contributed by atoms with Gasteiger partial charge in [0.15, 0.2) is 0 Å². The molecule has 5 heteroatoms. The molecular weight excluding hydrogens is 334 g/mol. The van der Waals surface area contributed by atoms with Crippen molar-refractivity contribution >= 4 is 21.6 Å². The minimum Gasteiger partial charge on any atom is -0.457 e. The first-order valence-corrected chi connectivity index (χ1v) is 6.99.